The van der Waals surface area contributed by atoms with Gasteiger partial charge in [-0.1, -0.05) is 25.4 Å². The minimum atomic E-state index is -3.71. The number of hydrogen-bond acceptors (Lipinski definition) is 4. The summed E-state index contributed by atoms with van der Waals surface area (Å²) in [5, 5.41) is 9.19. The summed E-state index contributed by atoms with van der Waals surface area (Å²) < 4.78 is 26.5. The van der Waals surface area contributed by atoms with E-state index in [9.17, 15) is 13.2 Å². The van der Waals surface area contributed by atoms with Crippen molar-refractivity contribution >= 4 is 54.9 Å². The van der Waals surface area contributed by atoms with Crippen LogP contribution in [0.1, 0.15) is 13.8 Å². The molecule has 0 spiro atoms. The molecule has 5 nitrogen and oxygen atoms in total. The average molecular weight is 391 g/mol. The first kappa shape index (κ1) is 16.9. The van der Waals surface area contributed by atoms with Crippen LogP contribution >= 0.6 is 38.9 Å². The normalized spacial score (nSPS) is 13.7. The van der Waals surface area contributed by atoms with Crippen LogP contribution in [0.2, 0.25) is 5.02 Å². The van der Waals surface area contributed by atoms with E-state index in [1.165, 1.54) is 13.0 Å². The summed E-state index contributed by atoms with van der Waals surface area (Å²) in [5.41, 5.74) is 0. The first-order valence-electron chi connectivity index (χ1n) is 5.38. The molecule has 0 radical (unpaired) electrons. The van der Waals surface area contributed by atoms with Crippen LogP contribution in [0.25, 0.3) is 0 Å². The van der Waals surface area contributed by atoms with Crippen LogP contribution < -0.4 is 0 Å². The molecule has 1 rings (SSSR count). The van der Waals surface area contributed by atoms with Gasteiger partial charge in [0.2, 0.25) is 0 Å². The Morgan fingerprint density at radius 3 is 2.58 bits per heavy atom. The van der Waals surface area contributed by atoms with Gasteiger partial charge >= 0.3 is 5.97 Å². The molecule has 1 aromatic heterocycles. The van der Waals surface area contributed by atoms with Crippen LogP contribution in [0.4, 0.5) is 0 Å². The molecule has 0 aliphatic heterocycles. The van der Waals surface area contributed by atoms with Crippen LogP contribution in [-0.4, -0.2) is 36.9 Å². The van der Waals surface area contributed by atoms with Crippen LogP contribution in [0.3, 0.4) is 0 Å². The summed E-state index contributed by atoms with van der Waals surface area (Å²) in [6.45, 7) is 3.27. The predicted octanol–water partition coefficient (Wildman–Crippen LogP) is 2.90. The van der Waals surface area contributed by atoms with Crippen molar-refractivity contribution in [1.29, 1.82) is 0 Å². The molecule has 19 heavy (non-hydrogen) atoms. The minimum absolute atomic E-state index is 0.0682. The zero-order valence-electron chi connectivity index (χ0n) is 10.3. The summed E-state index contributed by atoms with van der Waals surface area (Å²) >= 11 is 10.00. The second-order valence-corrected chi connectivity index (χ2v) is 8.82. The lowest BCUT2D eigenvalue weighted by Crippen LogP contribution is -2.36. The summed E-state index contributed by atoms with van der Waals surface area (Å²) in [6, 6.07) is 1.36. The molecule has 0 aliphatic rings. The van der Waals surface area contributed by atoms with E-state index in [2.05, 4.69) is 15.9 Å². The summed E-state index contributed by atoms with van der Waals surface area (Å²) in [7, 11) is -3.71. The highest BCUT2D eigenvalue weighted by atomic mass is 79.9. The number of carboxylic acids is 1. The van der Waals surface area contributed by atoms with E-state index >= 15 is 0 Å². The maximum absolute atomic E-state index is 12.4. The monoisotopic (exact) mass is 389 g/mol. The maximum Gasteiger partial charge on any atom is 0.307 e. The van der Waals surface area contributed by atoms with Gasteiger partial charge in [-0.25, -0.2) is 8.42 Å². The van der Waals surface area contributed by atoms with Crippen LogP contribution in [0.5, 0.6) is 0 Å². The van der Waals surface area contributed by atoms with Gasteiger partial charge in [0, 0.05) is 13.1 Å². The molecule has 0 bridgehead atoms. The molecule has 0 amide bonds. The zero-order chi connectivity index (χ0) is 14.8. The number of carbonyl (C=O) groups is 1. The van der Waals surface area contributed by atoms with Gasteiger partial charge in [-0.15, -0.1) is 11.3 Å². The van der Waals surface area contributed by atoms with E-state index in [1.54, 1.807) is 6.92 Å². The molecule has 1 heterocycles. The Kier molecular flexibility index (Phi) is 5.81. The van der Waals surface area contributed by atoms with Crippen molar-refractivity contribution in [2.45, 2.75) is 18.1 Å². The van der Waals surface area contributed by atoms with Crippen molar-refractivity contribution in [3.8, 4) is 0 Å². The Morgan fingerprint density at radius 1 is 1.63 bits per heavy atom. The number of sulfonamides is 1. The van der Waals surface area contributed by atoms with Gasteiger partial charge in [0.15, 0.2) is 0 Å². The molecule has 0 fully saturated rings. The molecular weight excluding hydrogens is 378 g/mol. The van der Waals surface area contributed by atoms with E-state index in [-0.39, 0.29) is 17.3 Å². The third-order valence-corrected chi connectivity index (χ3v) is 7.33. The molecule has 1 N–H and O–H groups in total. The van der Waals surface area contributed by atoms with Gasteiger partial charge in [0.05, 0.1) is 14.7 Å². The lowest BCUT2D eigenvalue weighted by Gasteiger charge is -2.21. The van der Waals surface area contributed by atoms with Gasteiger partial charge in [-0.2, -0.15) is 4.31 Å². The Labute approximate surface area is 129 Å². The molecule has 1 aromatic rings. The van der Waals surface area contributed by atoms with Gasteiger partial charge in [-0.05, 0) is 22.0 Å². The van der Waals surface area contributed by atoms with Gasteiger partial charge in [0.25, 0.3) is 10.0 Å². The quantitative estimate of drug-likeness (QED) is 0.810. The van der Waals surface area contributed by atoms with E-state index in [4.69, 9.17) is 16.7 Å². The maximum atomic E-state index is 12.4. The number of halogens is 2. The molecule has 0 aromatic carbocycles. The number of nitrogens with zero attached hydrogens (tertiary/aromatic N) is 1. The van der Waals surface area contributed by atoms with Crippen molar-refractivity contribution in [3.05, 3.63) is 14.9 Å². The highest BCUT2D eigenvalue weighted by Gasteiger charge is 2.28. The smallest absolute Gasteiger partial charge is 0.307 e. The molecule has 1 unspecified atom stereocenters. The van der Waals surface area contributed by atoms with Crippen LogP contribution in [-0.2, 0) is 14.8 Å². The van der Waals surface area contributed by atoms with Crippen LogP contribution in [0.15, 0.2) is 14.1 Å². The van der Waals surface area contributed by atoms with Crippen molar-refractivity contribution in [2.24, 2.45) is 5.92 Å². The Balaban J connectivity index is 3.05. The molecular formula is C10H13BrClNO4S2. The number of hydrogen-bond donors (Lipinski definition) is 1. The fourth-order valence-corrected chi connectivity index (χ4v) is 5.45. The van der Waals surface area contributed by atoms with Crippen molar-refractivity contribution in [2.75, 3.05) is 13.1 Å². The predicted molar refractivity (Wildman–Crippen MR) is 78.3 cm³/mol. The Hall–Kier alpha value is -0.150. The van der Waals surface area contributed by atoms with Crippen molar-refractivity contribution < 1.29 is 18.3 Å². The average Bonchev–Trinajstić information content (AvgIpc) is 2.66. The molecule has 0 saturated carbocycles. The van der Waals surface area contributed by atoms with E-state index in [0.717, 1.165) is 15.6 Å². The van der Waals surface area contributed by atoms with Crippen LogP contribution in [0, 0.1) is 5.92 Å². The lowest BCUT2D eigenvalue weighted by molar-refractivity contribution is -0.141. The van der Waals surface area contributed by atoms with E-state index in [0.29, 0.717) is 8.81 Å². The summed E-state index contributed by atoms with van der Waals surface area (Å²) in [4.78, 5) is 10.8. The van der Waals surface area contributed by atoms with Gasteiger partial charge in [-0.3, -0.25) is 4.79 Å². The third-order valence-electron chi connectivity index (χ3n) is 2.47. The lowest BCUT2D eigenvalue weighted by atomic mass is 10.2. The Morgan fingerprint density at radius 2 is 2.21 bits per heavy atom. The number of thiophene rings is 1. The number of rotatable bonds is 6. The summed E-state index contributed by atoms with van der Waals surface area (Å²) in [5.74, 6) is -1.80. The molecule has 0 saturated heterocycles. The summed E-state index contributed by atoms with van der Waals surface area (Å²) in [6.07, 6.45) is 0. The second-order valence-electron chi connectivity index (χ2n) is 3.88. The number of aliphatic carboxylic acids is 1. The molecule has 0 aliphatic carbocycles. The fraction of sp³-hybridized carbons (Fsp3) is 0.500. The SMILES string of the molecule is CCN(CC(C)C(=O)O)S(=O)(=O)c1cc(Cl)c(Br)s1. The third kappa shape index (κ3) is 3.91. The van der Waals surface area contributed by atoms with E-state index < -0.39 is 21.9 Å². The minimum Gasteiger partial charge on any atom is -0.481 e. The highest BCUT2D eigenvalue weighted by Crippen LogP contribution is 2.36. The van der Waals surface area contributed by atoms with E-state index in [1.807, 2.05) is 0 Å². The highest BCUT2D eigenvalue weighted by molar-refractivity contribution is 9.11. The van der Waals surface area contributed by atoms with Gasteiger partial charge < -0.3 is 5.11 Å². The van der Waals surface area contributed by atoms with Crippen molar-refractivity contribution in [1.82, 2.24) is 4.31 Å². The first-order chi connectivity index (χ1) is 8.70. The number of carboxylic acid groups (broad SMARTS) is 1. The molecule has 9 heteroatoms. The topological polar surface area (TPSA) is 74.7 Å². The first-order valence-corrected chi connectivity index (χ1v) is 8.80. The second kappa shape index (κ2) is 6.53. The standard InChI is InChI=1S/C10H13BrClNO4S2/c1-3-13(5-6(2)10(14)15)19(16,17)8-4-7(12)9(11)18-8/h4,6H,3,5H2,1-2H3,(H,14,15). The molecule has 1 atom stereocenters. The van der Waals surface area contributed by atoms with Gasteiger partial charge in [0.1, 0.15) is 4.21 Å². The Bertz CT molecular complexity index is 553. The fourth-order valence-electron chi connectivity index (χ4n) is 1.36. The largest absolute Gasteiger partial charge is 0.481 e. The van der Waals surface area contributed by atoms with Crippen molar-refractivity contribution in [3.63, 3.8) is 0 Å². The zero-order valence-corrected chi connectivity index (χ0v) is 14.2. The molecule has 108 valence electrons.